The van der Waals surface area contributed by atoms with Gasteiger partial charge in [-0.05, 0) is 43.0 Å². The van der Waals surface area contributed by atoms with Crippen LogP contribution in [0.3, 0.4) is 0 Å². The lowest BCUT2D eigenvalue weighted by molar-refractivity contribution is -0.137. The number of hydrogen-bond donors (Lipinski definition) is 2. The van der Waals surface area contributed by atoms with Crippen molar-refractivity contribution in [1.82, 2.24) is 0 Å². The molecule has 1 aliphatic carbocycles. The fourth-order valence-corrected chi connectivity index (χ4v) is 2.77. The highest BCUT2D eigenvalue weighted by molar-refractivity contribution is 5.40. The Labute approximate surface area is 104 Å². The Kier molecular flexibility index (Phi) is 3.15. The van der Waals surface area contributed by atoms with E-state index in [0.717, 1.165) is 17.7 Å². The number of aliphatic hydroxyl groups is 1. The molecule has 0 atom stereocenters. The summed E-state index contributed by atoms with van der Waals surface area (Å²) in [6.07, 6.45) is -3.67. The van der Waals surface area contributed by atoms with Crippen LogP contribution in [0, 0.1) is 6.92 Å². The van der Waals surface area contributed by atoms with Crippen molar-refractivity contribution in [3.63, 3.8) is 0 Å². The van der Waals surface area contributed by atoms with Crippen LogP contribution in [0.5, 0.6) is 0 Å². The van der Waals surface area contributed by atoms with Crippen molar-refractivity contribution in [2.75, 3.05) is 6.54 Å². The van der Waals surface area contributed by atoms with Crippen LogP contribution in [0.1, 0.15) is 29.5 Å². The van der Waals surface area contributed by atoms with Crippen molar-refractivity contribution in [1.29, 1.82) is 0 Å². The van der Waals surface area contributed by atoms with Crippen LogP contribution < -0.4 is 5.73 Å². The van der Waals surface area contributed by atoms with E-state index in [1.165, 1.54) is 6.07 Å². The highest BCUT2D eigenvalue weighted by atomic mass is 19.4. The maximum Gasteiger partial charge on any atom is 0.416 e. The van der Waals surface area contributed by atoms with Gasteiger partial charge in [0, 0.05) is 12.0 Å². The van der Waals surface area contributed by atoms with Crippen LogP contribution >= 0.6 is 0 Å². The molecule has 0 amide bonds. The summed E-state index contributed by atoms with van der Waals surface area (Å²) in [4.78, 5) is 0. The molecule has 1 saturated carbocycles. The zero-order valence-corrected chi connectivity index (χ0v) is 10.1. The van der Waals surface area contributed by atoms with Crippen molar-refractivity contribution < 1.29 is 18.3 Å². The number of alkyl halides is 3. The Hall–Kier alpha value is -1.07. The highest BCUT2D eigenvalue weighted by Crippen LogP contribution is 2.45. The normalized spacial score (nSPS) is 28.0. The first-order valence-corrected chi connectivity index (χ1v) is 5.85. The van der Waals surface area contributed by atoms with Crippen LogP contribution in [0.4, 0.5) is 13.2 Å². The summed E-state index contributed by atoms with van der Waals surface area (Å²) in [5, 5.41) is 9.42. The van der Waals surface area contributed by atoms with Crippen LogP contribution in [-0.4, -0.2) is 17.8 Å². The van der Waals surface area contributed by atoms with Gasteiger partial charge in [0.2, 0.25) is 0 Å². The largest absolute Gasteiger partial charge is 0.416 e. The minimum atomic E-state index is -4.32. The number of benzene rings is 1. The second-order valence-electron chi connectivity index (χ2n) is 5.07. The highest BCUT2D eigenvalue weighted by Gasteiger charge is 2.45. The first-order valence-electron chi connectivity index (χ1n) is 5.85. The predicted octanol–water partition coefficient (Wildman–Crippen LogP) is 2.37. The maximum atomic E-state index is 12.6. The second kappa shape index (κ2) is 4.24. The molecule has 1 aromatic rings. The molecule has 2 rings (SSSR count). The van der Waals surface area contributed by atoms with Gasteiger partial charge in [-0.3, -0.25) is 0 Å². The molecule has 0 unspecified atom stereocenters. The Balaban J connectivity index is 2.36. The van der Waals surface area contributed by atoms with Gasteiger partial charge in [0.1, 0.15) is 0 Å². The molecule has 18 heavy (non-hydrogen) atoms. The summed E-state index contributed by atoms with van der Waals surface area (Å²) in [5.41, 5.74) is 6.13. The third-order valence-electron chi connectivity index (χ3n) is 3.77. The van der Waals surface area contributed by atoms with Crippen LogP contribution in [-0.2, 0) is 11.6 Å². The molecular formula is C13H16F3NO. The summed E-state index contributed by atoms with van der Waals surface area (Å²) in [6.45, 7) is 2.00. The summed E-state index contributed by atoms with van der Waals surface area (Å²) in [6, 6.07) is 3.73. The van der Waals surface area contributed by atoms with Crippen molar-refractivity contribution in [2.45, 2.75) is 37.5 Å². The van der Waals surface area contributed by atoms with Crippen LogP contribution in [0.25, 0.3) is 0 Å². The summed E-state index contributed by atoms with van der Waals surface area (Å²) in [7, 11) is 0. The number of nitrogens with two attached hydrogens (primary N) is 1. The molecule has 2 nitrogen and oxygen atoms in total. The van der Waals surface area contributed by atoms with Crippen molar-refractivity contribution in [3.8, 4) is 0 Å². The lowest BCUT2D eigenvalue weighted by atomic mass is 9.62. The fraction of sp³-hybridized carbons (Fsp3) is 0.538. The van der Waals surface area contributed by atoms with Gasteiger partial charge in [-0.15, -0.1) is 0 Å². The van der Waals surface area contributed by atoms with E-state index in [1.54, 1.807) is 6.92 Å². The first kappa shape index (κ1) is 13.4. The first-order chi connectivity index (χ1) is 8.28. The van der Waals surface area contributed by atoms with Gasteiger partial charge in [0.05, 0.1) is 11.7 Å². The molecule has 1 aliphatic rings. The minimum absolute atomic E-state index is 0.344. The predicted molar refractivity (Wildman–Crippen MR) is 62.2 cm³/mol. The van der Waals surface area contributed by atoms with E-state index in [9.17, 15) is 18.3 Å². The maximum absolute atomic E-state index is 12.6. The summed E-state index contributed by atoms with van der Waals surface area (Å²) < 4.78 is 37.7. The second-order valence-corrected chi connectivity index (χ2v) is 5.07. The lowest BCUT2D eigenvalue weighted by Crippen LogP contribution is -2.50. The third kappa shape index (κ3) is 2.12. The zero-order valence-electron chi connectivity index (χ0n) is 10.1. The van der Waals surface area contributed by atoms with E-state index in [0.29, 0.717) is 24.9 Å². The number of aliphatic hydroxyl groups excluding tert-OH is 1. The average molecular weight is 259 g/mol. The molecule has 0 bridgehead atoms. The molecular weight excluding hydrogens is 243 g/mol. The zero-order chi connectivity index (χ0) is 13.6. The van der Waals surface area contributed by atoms with Gasteiger partial charge in [-0.2, -0.15) is 13.2 Å². The third-order valence-corrected chi connectivity index (χ3v) is 3.77. The number of rotatable bonds is 2. The smallest absolute Gasteiger partial charge is 0.393 e. The van der Waals surface area contributed by atoms with Gasteiger partial charge >= 0.3 is 6.18 Å². The molecule has 0 aliphatic heterocycles. The Morgan fingerprint density at radius 2 is 2.00 bits per heavy atom. The molecule has 1 aromatic carbocycles. The molecule has 0 heterocycles. The van der Waals surface area contributed by atoms with E-state index in [4.69, 9.17) is 5.73 Å². The standard InChI is InChI=1S/C13H16F3NO/c1-8-4-9(13(14,15)16)2-3-11(8)12(7-17)5-10(18)6-12/h2-4,10,18H,5-7,17H2,1H3. The van der Waals surface area contributed by atoms with E-state index < -0.39 is 17.8 Å². The van der Waals surface area contributed by atoms with E-state index in [1.807, 2.05) is 0 Å². The summed E-state index contributed by atoms with van der Waals surface area (Å²) >= 11 is 0. The number of aryl methyl sites for hydroxylation is 1. The van der Waals surface area contributed by atoms with E-state index in [2.05, 4.69) is 0 Å². The Morgan fingerprint density at radius 3 is 2.39 bits per heavy atom. The Morgan fingerprint density at radius 1 is 1.39 bits per heavy atom. The van der Waals surface area contributed by atoms with Gasteiger partial charge in [-0.25, -0.2) is 0 Å². The molecule has 3 N–H and O–H groups in total. The molecule has 0 spiro atoms. The minimum Gasteiger partial charge on any atom is -0.393 e. The monoisotopic (exact) mass is 259 g/mol. The molecule has 0 radical (unpaired) electrons. The molecule has 1 fully saturated rings. The van der Waals surface area contributed by atoms with Gasteiger partial charge < -0.3 is 10.8 Å². The van der Waals surface area contributed by atoms with Crippen molar-refractivity contribution in [2.24, 2.45) is 5.73 Å². The van der Waals surface area contributed by atoms with Crippen molar-refractivity contribution >= 4 is 0 Å². The van der Waals surface area contributed by atoms with E-state index in [-0.39, 0.29) is 5.41 Å². The number of hydrogen-bond acceptors (Lipinski definition) is 2. The quantitative estimate of drug-likeness (QED) is 0.856. The lowest BCUT2D eigenvalue weighted by Gasteiger charge is -2.46. The molecule has 0 aromatic heterocycles. The summed E-state index contributed by atoms with van der Waals surface area (Å²) in [5.74, 6) is 0. The molecule has 0 saturated heterocycles. The van der Waals surface area contributed by atoms with Gasteiger partial charge in [0.15, 0.2) is 0 Å². The van der Waals surface area contributed by atoms with Gasteiger partial charge in [0.25, 0.3) is 0 Å². The van der Waals surface area contributed by atoms with Crippen molar-refractivity contribution in [3.05, 3.63) is 34.9 Å². The fourth-order valence-electron chi connectivity index (χ4n) is 2.77. The van der Waals surface area contributed by atoms with E-state index >= 15 is 0 Å². The SMILES string of the molecule is Cc1cc(C(F)(F)F)ccc1C1(CN)CC(O)C1. The van der Waals surface area contributed by atoms with Crippen LogP contribution in [0.2, 0.25) is 0 Å². The Bertz CT molecular complexity index is 450. The average Bonchev–Trinajstić information content (AvgIpc) is 2.23. The number of halogens is 3. The van der Waals surface area contributed by atoms with Gasteiger partial charge in [-0.1, -0.05) is 6.07 Å². The molecule has 5 heteroatoms. The topological polar surface area (TPSA) is 46.2 Å². The molecule has 100 valence electrons. The van der Waals surface area contributed by atoms with Crippen LogP contribution in [0.15, 0.2) is 18.2 Å².